The molecule has 1 N–H and O–H groups in total. The Morgan fingerprint density at radius 1 is 1.07 bits per heavy atom. The summed E-state index contributed by atoms with van der Waals surface area (Å²) in [6.45, 7) is 1.79. The number of aryl methyl sites for hydroxylation is 1. The van der Waals surface area contributed by atoms with Gasteiger partial charge in [0.25, 0.3) is 11.5 Å². The van der Waals surface area contributed by atoms with Crippen molar-refractivity contribution in [2.75, 3.05) is 18.5 Å². The van der Waals surface area contributed by atoms with Crippen molar-refractivity contribution in [3.63, 3.8) is 0 Å². The van der Waals surface area contributed by atoms with Crippen LogP contribution in [0.3, 0.4) is 0 Å². The number of nitrogens with one attached hydrogen (secondary N) is 1. The van der Waals surface area contributed by atoms with E-state index in [2.05, 4.69) is 10.4 Å². The van der Waals surface area contributed by atoms with E-state index in [0.29, 0.717) is 28.8 Å². The second kappa shape index (κ2) is 8.34. The van der Waals surface area contributed by atoms with Crippen LogP contribution in [0.5, 0.6) is 5.75 Å². The third-order valence-corrected chi connectivity index (χ3v) is 3.95. The van der Waals surface area contributed by atoms with Gasteiger partial charge in [0.05, 0.1) is 17.7 Å². The first-order valence-electron chi connectivity index (χ1n) is 8.66. The Hall–Kier alpha value is -3.68. The average molecular weight is 381 g/mol. The van der Waals surface area contributed by atoms with E-state index in [0.717, 1.165) is 4.68 Å². The minimum absolute atomic E-state index is 0.0276. The molecule has 8 heteroatoms. The van der Waals surface area contributed by atoms with Crippen LogP contribution in [0.2, 0.25) is 0 Å². The second-order valence-corrected chi connectivity index (χ2v) is 5.88. The molecule has 0 aliphatic heterocycles. The molecular weight excluding hydrogens is 362 g/mol. The number of aromatic nitrogens is 2. The number of benzene rings is 2. The number of esters is 1. The number of fused-ring (bicyclic) bond motifs is 1. The first kappa shape index (κ1) is 19.1. The van der Waals surface area contributed by atoms with Gasteiger partial charge in [-0.2, -0.15) is 5.10 Å². The third-order valence-electron chi connectivity index (χ3n) is 3.95. The highest BCUT2D eigenvalue weighted by Gasteiger charge is 2.18. The maximum atomic E-state index is 12.4. The molecule has 0 bridgehead atoms. The largest absolute Gasteiger partial charge is 0.492 e. The fraction of sp³-hybridized carbons (Fsp3) is 0.200. The number of rotatable bonds is 6. The fourth-order valence-electron chi connectivity index (χ4n) is 2.69. The van der Waals surface area contributed by atoms with Gasteiger partial charge in [-0.15, -0.1) is 0 Å². The van der Waals surface area contributed by atoms with Crippen LogP contribution >= 0.6 is 0 Å². The molecule has 0 spiro atoms. The van der Waals surface area contributed by atoms with E-state index >= 15 is 0 Å². The molecule has 28 heavy (non-hydrogen) atoms. The second-order valence-electron chi connectivity index (χ2n) is 5.88. The molecule has 0 aliphatic carbocycles. The first-order chi connectivity index (χ1) is 13.5. The summed E-state index contributed by atoms with van der Waals surface area (Å²) in [5, 5.41) is 7.34. The molecular formula is C20H19N3O5. The summed E-state index contributed by atoms with van der Waals surface area (Å²) in [5.41, 5.74) is 0.133. The van der Waals surface area contributed by atoms with E-state index in [1.165, 1.54) is 7.05 Å². The Labute approximate surface area is 160 Å². The van der Waals surface area contributed by atoms with Gasteiger partial charge < -0.3 is 14.8 Å². The molecule has 8 nitrogen and oxygen atoms in total. The van der Waals surface area contributed by atoms with Crippen molar-refractivity contribution in [3.8, 4) is 5.75 Å². The predicted molar refractivity (Wildman–Crippen MR) is 104 cm³/mol. The summed E-state index contributed by atoms with van der Waals surface area (Å²) < 4.78 is 11.6. The summed E-state index contributed by atoms with van der Waals surface area (Å²) >= 11 is 0. The number of ether oxygens (including phenoxy) is 2. The van der Waals surface area contributed by atoms with Crippen LogP contribution in [0.15, 0.2) is 53.3 Å². The van der Waals surface area contributed by atoms with Gasteiger partial charge in [-0.05, 0) is 25.1 Å². The average Bonchev–Trinajstić information content (AvgIpc) is 2.70. The van der Waals surface area contributed by atoms with Crippen molar-refractivity contribution in [3.05, 3.63) is 64.6 Å². The SMILES string of the molecule is CCOc1ccccc1NC(=O)COC(=O)c1nn(C)c(=O)c2ccccc12. The van der Waals surface area contributed by atoms with Gasteiger partial charge >= 0.3 is 5.97 Å². The molecule has 0 unspecified atom stereocenters. The minimum Gasteiger partial charge on any atom is -0.492 e. The quantitative estimate of drug-likeness (QED) is 0.657. The van der Waals surface area contributed by atoms with E-state index in [1.807, 2.05) is 6.92 Å². The van der Waals surface area contributed by atoms with Gasteiger partial charge in [-0.3, -0.25) is 9.59 Å². The zero-order valence-corrected chi connectivity index (χ0v) is 15.5. The molecule has 1 heterocycles. The highest BCUT2D eigenvalue weighted by Crippen LogP contribution is 2.23. The predicted octanol–water partition coefficient (Wildman–Crippen LogP) is 2.13. The molecule has 2 aromatic carbocycles. The van der Waals surface area contributed by atoms with E-state index in [1.54, 1.807) is 48.5 Å². The number of carbonyl (C=O) groups excluding carboxylic acids is 2. The lowest BCUT2D eigenvalue weighted by atomic mass is 10.1. The molecule has 0 aliphatic rings. The topological polar surface area (TPSA) is 99.5 Å². The Morgan fingerprint density at radius 2 is 1.75 bits per heavy atom. The molecule has 3 aromatic rings. The lowest BCUT2D eigenvalue weighted by molar-refractivity contribution is -0.119. The maximum absolute atomic E-state index is 12.4. The van der Waals surface area contributed by atoms with Crippen molar-refractivity contribution >= 4 is 28.3 Å². The maximum Gasteiger partial charge on any atom is 0.359 e. The van der Waals surface area contributed by atoms with Crippen molar-refractivity contribution in [2.24, 2.45) is 7.05 Å². The van der Waals surface area contributed by atoms with Gasteiger partial charge in [0.15, 0.2) is 12.3 Å². The van der Waals surface area contributed by atoms with Crippen LogP contribution in [0.1, 0.15) is 17.4 Å². The lowest BCUT2D eigenvalue weighted by Gasteiger charge is -2.11. The monoisotopic (exact) mass is 381 g/mol. The van der Waals surface area contributed by atoms with Gasteiger partial charge in [-0.25, -0.2) is 9.48 Å². The van der Waals surface area contributed by atoms with Crippen LogP contribution in [-0.4, -0.2) is 34.9 Å². The first-order valence-corrected chi connectivity index (χ1v) is 8.66. The van der Waals surface area contributed by atoms with Gasteiger partial charge in [0.1, 0.15) is 5.75 Å². The minimum atomic E-state index is -0.792. The number of para-hydroxylation sites is 2. The summed E-state index contributed by atoms with van der Waals surface area (Å²) in [7, 11) is 1.45. The summed E-state index contributed by atoms with van der Waals surface area (Å²) in [4.78, 5) is 36.7. The molecule has 144 valence electrons. The molecule has 0 fully saturated rings. The van der Waals surface area contributed by atoms with E-state index in [9.17, 15) is 14.4 Å². The number of hydrogen-bond acceptors (Lipinski definition) is 6. The fourth-order valence-corrected chi connectivity index (χ4v) is 2.69. The summed E-state index contributed by atoms with van der Waals surface area (Å²) in [6.07, 6.45) is 0. The Bertz CT molecular complexity index is 1090. The highest BCUT2D eigenvalue weighted by atomic mass is 16.5. The van der Waals surface area contributed by atoms with Gasteiger partial charge in [0.2, 0.25) is 0 Å². The standard InChI is InChI=1S/C20H19N3O5/c1-3-27-16-11-7-6-10-15(16)21-17(24)12-28-20(26)18-13-8-4-5-9-14(13)19(25)23(2)22-18/h4-11H,3,12H2,1-2H3,(H,21,24). The smallest absolute Gasteiger partial charge is 0.359 e. The number of hydrogen-bond donors (Lipinski definition) is 1. The van der Waals surface area contributed by atoms with E-state index < -0.39 is 18.5 Å². The number of amides is 1. The molecule has 1 aromatic heterocycles. The van der Waals surface area contributed by atoms with Crippen LogP contribution in [-0.2, 0) is 16.6 Å². The van der Waals surface area contributed by atoms with E-state index in [4.69, 9.17) is 9.47 Å². The van der Waals surface area contributed by atoms with Crippen LogP contribution < -0.4 is 15.6 Å². The Morgan fingerprint density at radius 3 is 2.50 bits per heavy atom. The molecule has 0 radical (unpaired) electrons. The Kier molecular flexibility index (Phi) is 5.69. The third kappa shape index (κ3) is 4.01. The zero-order chi connectivity index (χ0) is 20.1. The number of nitrogens with zero attached hydrogens (tertiary/aromatic N) is 2. The van der Waals surface area contributed by atoms with Crippen LogP contribution in [0.4, 0.5) is 5.69 Å². The molecule has 1 amide bonds. The van der Waals surface area contributed by atoms with Crippen molar-refractivity contribution < 1.29 is 19.1 Å². The summed E-state index contributed by atoms with van der Waals surface area (Å²) in [5.74, 6) is -0.787. The van der Waals surface area contributed by atoms with Crippen molar-refractivity contribution in [1.82, 2.24) is 9.78 Å². The Balaban J connectivity index is 1.73. The van der Waals surface area contributed by atoms with Gasteiger partial charge in [-0.1, -0.05) is 30.3 Å². The molecule has 3 rings (SSSR count). The molecule has 0 atom stereocenters. The zero-order valence-electron chi connectivity index (χ0n) is 15.5. The highest BCUT2D eigenvalue weighted by molar-refractivity contribution is 6.03. The summed E-state index contributed by atoms with van der Waals surface area (Å²) in [6, 6.07) is 13.6. The lowest BCUT2D eigenvalue weighted by Crippen LogP contribution is -2.26. The van der Waals surface area contributed by atoms with Crippen LogP contribution in [0, 0.1) is 0 Å². The number of anilines is 1. The van der Waals surface area contributed by atoms with E-state index in [-0.39, 0.29) is 11.3 Å². The van der Waals surface area contributed by atoms with Crippen molar-refractivity contribution in [1.29, 1.82) is 0 Å². The molecule has 0 saturated carbocycles. The number of carbonyl (C=O) groups is 2. The molecule has 0 saturated heterocycles. The normalized spacial score (nSPS) is 10.5. The van der Waals surface area contributed by atoms with Crippen molar-refractivity contribution in [2.45, 2.75) is 6.92 Å². The van der Waals surface area contributed by atoms with Crippen LogP contribution in [0.25, 0.3) is 10.8 Å². The van der Waals surface area contributed by atoms with Gasteiger partial charge in [0, 0.05) is 12.4 Å².